The van der Waals surface area contributed by atoms with Crippen molar-refractivity contribution in [1.29, 1.82) is 0 Å². The summed E-state index contributed by atoms with van der Waals surface area (Å²) in [6.07, 6.45) is 6.08. The van der Waals surface area contributed by atoms with Gasteiger partial charge in [-0.05, 0) is 43.2 Å². The topological polar surface area (TPSA) is 39.9 Å². The van der Waals surface area contributed by atoms with Gasteiger partial charge >= 0.3 is 0 Å². The van der Waals surface area contributed by atoms with Gasteiger partial charge in [-0.25, -0.2) is 4.98 Å². The van der Waals surface area contributed by atoms with E-state index >= 15 is 0 Å². The molecule has 2 aromatic heterocycles. The van der Waals surface area contributed by atoms with E-state index in [-0.39, 0.29) is 0 Å². The summed E-state index contributed by atoms with van der Waals surface area (Å²) in [6, 6.07) is 10.8. The molecule has 0 spiro atoms. The summed E-state index contributed by atoms with van der Waals surface area (Å²) in [6.45, 7) is 3.92. The highest BCUT2D eigenvalue weighted by Crippen LogP contribution is 2.41. The van der Waals surface area contributed by atoms with Crippen LogP contribution in [0.5, 0.6) is 0 Å². The Morgan fingerprint density at radius 3 is 2.86 bits per heavy atom. The van der Waals surface area contributed by atoms with Gasteiger partial charge in [-0.2, -0.15) is 0 Å². The third-order valence-corrected chi connectivity index (χ3v) is 4.09. The van der Waals surface area contributed by atoms with Gasteiger partial charge in [-0.1, -0.05) is 6.58 Å². The zero-order valence-corrected chi connectivity index (χ0v) is 12.5. The number of nitrogens with zero attached hydrogens (tertiary/aromatic N) is 3. The average Bonchev–Trinajstić information content (AvgIpc) is 3.34. The van der Waals surface area contributed by atoms with Crippen molar-refractivity contribution in [3.63, 3.8) is 0 Å². The molecule has 22 heavy (non-hydrogen) atoms. The smallest absolute Gasteiger partial charge is 0.142 e. The quantitative estimate of drug-likeness (QED) is 0.681. The molecule has 1 aliphatic carbocycles. The lowest BCUT2D eigenvalue weighted by Crippen LogP contribution is -1.97. The van der Waals surface area contributed by atoms with Crippen molar-refractivity contribution in [3.8, 4) is 11.4 Å². The van der Waals surface area contributed by atoms with Crippen LogP contribution < -0.4 is 0 Å². The molecule has 110 valence electrons. The van der Waals surface area contributed by atoms with E-state index in [2.05, 4.69) is 28.3 Å². The number of fused-ring (bicyclic) bond motifs is 1. The van der Waals surface area contributed by atoms with Gasteiger partial charge in [0.25, 0.3) is 0 Å². The molecule has 4 rings (SSSR count). The molecule has 1 fully saturated rings. The lowest BCUT2D eigenvalue weighted by atomic mass is 10.2. The van der Waals surface area contributed by atoms with Crippen LogP contribution in [-0.2, 0) is 4.74 Å². The number of imidazole rings is 1. The molecule has 0 saturated heterocycles. The number of aromatic nitrogens is 3. The summed E-state index contributed by atoms with van der Waals surface area (Å²) in [7, 11) is 1.64. The lowest BCUT2D eigenvalue weighted by Gasteiger charge is -2.08. The van der Waals surface area contributed by atoms with Crippen LogP contribution in [0.4, 0.5) is 0 Å². The molecule has 2 heterocycles. The molecule has 3 aromatic rings. The number of hydrogen-bond donors (Lipinski definition) is 0. The second-order valence-electron chi connectivity index (χ2n) is 5.61. The SMILES string of the molecule is C=C(OC)c1ccc2c(c1)nc(-c1cccnc1)n2C1CC1. The molecule has 0 unspecified atom stereocenters. The zero-order valence-electron chi connectivity index (χ0n) is 12.5. The zero-order chi connectivity index (χ0) is 15.1. The third-order valence-electron chi connectivity index (χ3n) is 4.09. The molecule has 0 amide bonds. The van der Waals surface area contributed by atoms with Gasteiger partial charge in [0.1, 0.15) is 11.6 Å². The molecule has 4 heteroatoms. The number of ether oxygens (including phenoxy) is 1. The van der Waals surface area contributed by atoms with Crippen molar-refractivity contribution in [2.45, 2.75) is 18.9 Å². The minimum Gasteiger partial charge on any atom is -0.497 e. The first-order valence-corrected chi connectivity index (χ1v) is 7.43. The maximum Gasteiger partial charge on any atom is 0.142 e. The van der Waals surface area contributed by atoms with E-state index in [9.17, 15) is 0 Å². The van der Waals surface area contributed by atoms with E-state index in [0.29, 0.717) is 11.8 Å². The van der Waals surface area contributed by atoms with Crippen molar-refractivity contribution in [3.05, 3.63) is 54.9 Å². The van der Waals surface area contributed by atoms with E-state index in [1.165, 1.54) is 12.8 Å². The van der Waals surface area contributed by atoms with Crippen LogP contribution in [0.2, 0.25) is 0 Å². The minimum absolute atomic E-state index is 0.552. The van der Waals surface area contributed by atoms with Crippen molar-refractivity contribution < 1.29 is 4.74 Å². The van der Waals surface area contributed by atoms with Crippen LogP contribution in [0.15, 0.2) is 49.3 Å². The molecular formula is C18H17N3O. The number of hydrogen-bond acceptors (Lipinski definition) is 3. The largest absolute Gasteiger partial charge is 0.497 e. The van der Waals surface area contributed by atoms with E-state index in [4.69, 9.17) is 9.72 Å². The first-order valence-electron chi connectivity index (χ1n) is 7.43. The summed E-state index contributed by atoms with van der Waals surface area (Å²) in [5.74, 6) is 1.65. The Bertz CT molecular complexity index is 847. The maximum absolute atomic E-state index is 5.23. The van der Waals surface area contributed by atoms with Crippen molar-refractivity contribution in [2.75, 3.05) is 7.11 Å². The first-order chi connectivity index (χ1) is 10.8. The molecule has 0 N–H and O–H groups in total. The molecule has 0 aliphatic heterocycles. The molecule has 0 bridgehead atoms. The molecular weight excluding hydrogens is 274 g/mol. The van der Waals surface area contributed by atoms with Crippen LogP contribution in [0.1, 0.15) is 24.4 Å². The molecule has 4 nitrogen and oxygen atoms in total. The molecule has 1 aromatic carbocycles. The lowest BCUT2D eigenvalue weighted by molar-refractivity contribution is 0.371. The Kier molecular flexibility index (Phi) is 2.96. The standard InChI is InChI=1S/C18H17N3O/c1-12(22-2)13-5-8-17-16(10-13)20-18(21(17)15-6-7-15)14-4-3-9-19-11-14/h3-5,8-11,15H,1,6-7H2,2H3. The fourth-order valence-corrected chi connectivity index (χ4v) is 2.79. The molecule has 1 saturated carbocycles. The van der Waals surface area contributed by atoms with Crippen molar-refractivity contribution in [1.82, 2.24) is 14.5 Å². The van der Waals surface area contributed by atoms with Gasteiger partial charge < -0.3 is 9.30 Å². The van der Waals surface area contributed by atoms with E-state index in [1.807, 2.05) is 24.4 Å². The van der Waals surface area contributed by atoms with Gasteiger partial charge in [0.05, 0.1) is 18.1 Å². The van der Waals surface area contributed by atoms with Gasteiger partial charge in [0.15, 0.2) is 0 Å². The highest BCUT2D eigenvalue weighted by Gasteiger charge is 2.28. The Labute approximate surface area is 129 Å². The van der Waals surface area contributed by atoms with Crippen molar-refractivity contribution >= 4 is 16.8 Å². The number of benzene rings is 1. The Hall–Kier alpha value is -2.62. The average molecular weight is 291 g/mol. The first kappa shape index (κ1) is 13.1. The van der Waals surface area contributed by atoms with Gasteiger partial charge in [-0.3, -0.25) is 4.98 Å². The van der Waals surface area contributed by atoms with Crippen LogP contribution in [0, 0.1) is 0 Å². The monoisotopic (exact) mass is 291 g/mol. The van der Waals surface area contributed by atoms with Crippen LogP contribution in [0.25, 0.3) is 28.2 Å². The number of methoxy groups -OCH3 is 1. The Morgan fingerprint density at radius 1 is 1.32 bits per heavy atom. The van der Waals surface area contributed by atoms with E-state index in [0.717, 1.165) is 28.0 Å². The summed E-state index contributed by atoms with van der Waals surface area (Å²) in [5, 5.41) is 0. The molecule has 1 aliphatic rings. The molecule has 0 radical (unpaired) electrons. The highest BCUT2D eigenvalue weighted by molar-refractivity contribution is 5.84. The second-order valence-corrected chi connectivity index (χ2v) is 5.61. The van der Waals surface area contributed by atoms with Crippen LogP contribution in [-0.4, -0.2) is 21.6 Å². The summed E-state index contributed by atoms with van der Waals surface area (Å²) >= 11 is 0. The highest BCUT2D eigenvalue weighted by atomic mass is 16.5. The Morgan fingerprint density at radius 2 is 2.18 bits per heavy atom. The fourth-order valence-electron chi connectivity index (χ4n) is 2.79. The maximum atomic E-state index is 5.23. The summed E-state index contributed by atoms with van der Waals surface area (Å²) in [4.78, 5) is 9.07. The normalized spacial score (nSPS) is 14.2. The van der Waals surface area contributed by atoms with E-state index < -0.39 is 0 Å². The Balaban J connectivity index is 1.93. The van der Waals surface area contributed by atoms with Crippen molar-refractivity contribution in [2.24, 2.45) is 0 Å². The number of pyridine rings is 1. The van der Waals surface area contributed by atoms with Crippen LogP contribution in [0.3, 0.4) is 0 Å². The third kappa shape index (κ3) is 2.08. The van der Waals surface area contributed by atoms with Gasteiger partial charge in [0.2, 0.25) is 0 Å². The van der Waals surface area contributed by atoms with Crippen LogP contribution >= 0.6 is 0 Å². The summed E-state index contributed by atoms with van der Waals surface area (Å²) in [5.41, 5.74) is 4.15. The summed E-state index contributed by atoms with van der Waals surface area (Å²) < 4.78 is 7.57. The predicted octanol–water partition coefficient (Wildman–Crippen LogP) is 4.05. The van der Waals surface area contributed by atoms with E-state index in [1.54, 1.807) is 13.3 Å². The minimum atomic E-state index is 0.552. The van der Waals surface area contributed by atoms with Gasteiger partial charge in [-0.15, -0.1) is 0 Å². The van der Waals surface area contributed by atoms with Gasteiger partial charge in [0, 0.05) is 29.6 Å². The second kappa shape index (κ2) is 4.98. The predicted molar refractivity (Wildman–Crippen MR) is 87.3 cm³/mol. The fraction of sp³-hybridized carbons (Fsp3) is 0.222. The number of rotatable bonds is 4. The molecule has 0 atom stereocenters.